The summed E-state index contributed by atoms with van der Waals surface area (Å²) in [6.45, 7) is 4.52. The van der Waals surface area contributed by atoms with Gasteiger partial charge in [-0.3, -0.25) is 9.48 Å². The second kappa shape index (κ2) is 9.33. The highest BCUT2D eigenvalue weighted by atomic mass is 35.5. The number of thioether (sulfide) groups is 1. The molecule has 1 atom stereocenters. The first kappa shape index (κ1) is 23.9. The van der Waals surface area contributed by atoms with Crippen molar-refractivity contribution >= 4 is 51.4 Å². The summed E-state index contributed by atoms with van der Waals surface area (Å²) in [6, 6.07) is 9.47. The number of aromatic nitrogens is 2. The smallest absolute Gasteiger partial charge is 0.346 e. The van der Waals surface area contributed by atoms with Crippen molar-refractivity contribution in [2.24, 2.45) is 4.99 Å². The third-order valence-corrected chi connectivity index (χ3v) is 7.27. The zero-order valence-electron chi connectivity index (χ0n) is 18.6. The fourth-order valence-electron chi connectivity index (χ4n) is 4.23. The van der Waals surface area contributed by atoms with E-state index in [1.807, 2.05) is 12.1 Å². The Hall–Kier alpha value is -2.82. The predicted molar refractivity (Wildman–Crippen MR) is 132 cm³/mol. The first-order valence-electron chi connectivity index (χ1n) is 11.0. The maximum atomic E-state index is 13.5. The van der Waals surface area contributed by atoms with Crippen molar-refractivity contribution in [1.29, 1.82) is 0 Å². The fourth-order valence-corrected chi connectivity index (χ4v) is 5.44. The molecule has 0 radical (unpaired) electrons. The maximum Gasteiger partial charge on any atom is 0.416 e. The van der Waals surface area contributed by atoms with Gasteiger partial charge in [-0.15, -0.1) is 0 Å². The molecule has 182 valence electrons. The number of halogens is 4. The summed E-state index contributed by atoms with van der Waals surface area (Å²) in [5.41, 5.74) is 0.784. The fraction of sp³-hybridized carbons (Fsp3) is 0.292. The molecule has 1 aromatic heterocycles. The number of rotatable bonds is 3. The van der Waals surface area contributed by atoms with Gasteiger partial charge in [-0.2, -0.15) is 23.3 Å². The Labute approximate surface area is 208 Å². The molecule has 1 fully saturated rings. The van der Waals surface area contributed by atoms with Gasteiger partial charge in [-0.25, -0.2) is 0 Å². The zero-order valence-corrected chi connectivity index (χ0v) is 20.2. The average Bonchev–Trinajstić information content (AvgIpc) is 3.37. The number of carbonyl (C=O) groups excluding carboxylic acids is 1. The average molecular weight is 520 g/mol. The lowest BCUT2D eigenvalue weighted by molar-refractivity contribution is -0.138. The van der Waals surface area contributed by atoms with Gasteiger partial charge in [0.05, 0.1) is 28.7 Å². The van der Waals surface area contributed by atoms with Crippen molar-refractivity contribution in [2.75, 3.05) is 19.6 Å². The highest BCUT2D eigenvalue weighted by Gasteiger charge is 2.34. The number of fused-ring (bicyclic) bond motifs is 1. The van der Waals surface area contributed by atoms with Crippen LogP contribution in [-0.4, -0.2) is 51.4 Å². The highest BCUT2D eigenvalue weighted by molar-refractivity contribution is 8.18. The topological polar surface area (TPSA) is 62.5 Å². The van der Waals surface area contributed by atoms with Crippen molar-refractivity contribution in [3.63, 3.8) is 0 Å². The minimum absolute atomic E-state index is 0.0296. The van der Waals surface area contributed by atoms with E-state index >= 15 is 0 Å². The van der Waals surface area contributed by atoms with Crippen molar-refractivity contribution in [2.45, 2.75) is 25.7 Å². The van der Waals surface area contributed by atoms with E-state index in [-0.39, 0.29) is 29.1 Å². The first-order chi connectivity index (χ1) is 16.7. The molecule has 1 amide bonds. The second-order valence-corrected chi connectivity index (χ2v) is 9.92. The summed E-state index contributed by atoms with van der Waals surface area (Å²) < 4.78 is 42.0. The summed E-state index contributed by atoms with van der Waals surface area (Å²) in [6.07, 6.45) is -1.12. The molecule has 0 spiro atoms. The van der Waals surface area contributed by atoms with E-state index in [1.165, 1.54) is 28.6 Å². The zero-order chi connectivity index (χ0) is 24.7. The number of piperazine rings is 1. The van der Waals surface area contributed by atoms with Gasteiger partial charge >= 0.3 is 6.18 Å². The molecular formula is C24H21ClF3N5OS. The van der Waals surface area contributed by atoms with Gasteiger partial charge in [-0.1, -0.05) is 23.7 Å². The standard InChI is InChI=1S/C24H21ClF3N5OS/c1-14-11-29-6-7-32(14)23-31-22(34)21(35-23)9-15-2-5-20-17(8-15)12-30-33(20)13-16-3-4-18(25)10-19(16)24(26,27)28/h2-5,8-10,12,14,29H,6-7,11,13H2,1H3/b21-9-/t14-/m1/s1. The number of hydrogen-bond donors (Lipinski definition) is 1. The van der Waals surface area contributed by atoms with Gasteiger partial charge in [0.1, 0.15) is 0 Å². The number of hydrogen-bond acceptors (Lipinski definition) is 5. The number of carbonyl (C=O) groups is 1. The van der Waals surface area contributed by atoms with Gasteiger partial charge in [0.2, 0.25) is 0 Å². The normalized spacial score (nSPS) is 20.2. The molecule has 5 rings (SSSR count). The Kier molecular flexibility index (Phi) is 6.37. The van der Waals surface area contributed by atoms with E-state index in [1.54, 1.807) is 18.3 Å². The van der Waals surface area contributed by atoms with E-state index in [9.17, 15) is 18.0 Å². The predicted octanol–water partition coefficient (Wildman–Crippen LogP) is 5.02. The molecule has 0 unspecified atom stereocenters. The van der Waals surface area contributed by atoms with Crippen molar-refractivity contribution in [3.05, 3.63) is 69.2 Å². The molecule has 11 heteroatoms. The van der Waals surface area contributed by atoms with Gasteiger partial charge in [-0.05, 0) is 60.2 Å². The monoisotopic (exact) mass is 519 g/mol. The van der Waals surface area contributed by atoms with E-state index in [0.29, 0.717) is 15.6 Å². The number of amides is 1. The number of nitrogens with one attached hydrogen (secondary N) is 1. The maximum absolute atomic E-state index is 13.5. The van der Waals surface area contributed by atoms with Crippen LogP contribution in [0.2, 0.25) is 5.02 Å². The van der Waals surface area contributed by atoms with Crippen LogP contribution in [0.5, 0.6) is 0 Å². The van der Waals surface area contributed by atoms with Crippen LogP contribution in [0.4, 0.5) is 13.2 Å². The number of aliphatic imine (C=N–C) groups is 1. The van der Waals surface area contributed by atoms with Gasteiger partial charge in [0.15, 0.2) is 5.17 Å². The molecule has 3 heterocycles. The Bertz CT molecular complexity index is 1370. The van der Waals surface area contributed by atoms with Crippen molar-refractivity contribution < 1.29 is 18.0 Å². The van der Waals surface area contributed by atoms with Crippen LogP contribution in [0.3, 0.4) is 0 Å². The quantitative estimate of drug-likeness (QED) is 0.492. The largest absolute Gasteiger partial charge is 0.416 e. The molecule has 0 bridgehead atoms. The molecule has 1 N–H and O–H groups in total. The Morgan fingerprint density at radius 2 is 2.09 bits per heavy atom. The molecule has 0 aliphatic carbocycles. The van der Waals surface area contributed by atoms with Crippen LogP contribution in [-0.2, 0) is 17.5 Å². The lowest BCUT2D eigenvalue weighted by atomic mass is 10.1. The Balaban J connectivity index is 1.37. The van der Waals surface area contributed by atoms with Gasteiger partial charge in [0, 0.05) is 36.1 Å². The minimum Gasteiger partial charge on any atom is -0.346 e. The van der Waals surface area contributed by atoms with E-state index in [2.05, 4.69) is 27.2 Å². The first-order valence-corrected chi connectivity index (χ1v) is 12.2. The molecule has 2 aromatic carbocycles. The number of nitrogens with zero attached hydrogens (tertiary/aromatic N) is 4. The van der Waals surface area contributed by atoms with Crippen molar-refractivity contribution in [3.8, 4) is 0 Å². The highest BCUT2D eigenvalue weighted by Crippen LogP contribution is 2.35. The van der Waals surface area contributed by atoms with Crippen LogP contribution in [0.15, 0.2) is 52.5 Å². The van der Waals surface area contributed by atoms with Crippen LogP contribution in [0, 0.1) is 0 Å². The molecule has 0 saturated carbocycles. The third kappa shape index (κ3) is 4.96. The van der Waals surface area contributed by atoms with Crippen LogP contribution in [0.25, 0.3) is 17.0 Å². The van der Waals surface area contributed by atoms with Crippen LogP contribution >= 0.6 is 23.4 Å². The van der Waals surface area contributed by atoms with E-state index < -0.39 is 11.7 Å². The number of alkyl halides is 3. The molecule has 2 aliphatic heterocycles. The minimum atomic E-state index is -4.52. The SMILES string of the molecule is C[C@@H]1CNCCN1C1=NC(=O)/C(=C/c2ccc3c(cnn3Cc3ccc(Cl)cc3C(F)(F)F)c2)S1. The molecular weight excluding hydrogens is 499 g/mol. The molecule has 1 saturated heterocycles. The number of amidine groups is 1. The molecule has 35 heavy (non-hydrogen) atoms. The lowest BCUT2D eigenvalue weighted by Gasteiger charge is -2.34. The summed E-state index contributed by atoms with van der Waals surface area (Å²) in [5.74, 6) is -0.269. The Morgan fingerprint density at radius 3 is 2.86 bits per heavy atom. The van der Waals surface area contributed by atoms with Gasteiger partial charge < -0.3 is 10.2 Å². The number of benzene rings is 2. The molecule has 6 nitrogen and oxygen atoms in total. The van der Waals surface area contributed by atoms with E-state index in [0.717, 1.165) is 36.7 Å². The summed E-state index contributed by atoms with van der Waals surface area (Å²) >= 11 is 7.15. The van der Waals surface area contributed by atoms with Crippen LogP contribution in [0.1, 0.15) is 23.6 Å². The summed E-state index contributed by atoms with van der Waals surface area (Å²) in [5, 5.41) is 9.12. The Morgan fingerprint density at radius 1 is 1.26 bits per heavy atom. The third-order valence-electron chi connectivity index (χ3n) is 6.02. The van der Waals surface area contributed by atoms with Crippen LogP contribution < -0.4 is 5.32 Å². The second-order valence-electron chi connectivity index (χ2n) is 8.48. The van der Waals surface area contributed by atoms with E-state index in [4.69, 9.17) is 11.6 Å². The summed E-state index contributed by atoms with van der Waals surface area (Å²) in [4.78, 5) is 19.4. The van der Waals surface area contributed by atoms with Gasteiger partial charge in [0.25, 0.3) is 5.91 Å². The summed E-state index contributed by atoms with van der Waals surface area (Å²) in [7, 11) is 0. The van der Waals surface area contributed by atoms with Crippen molar-refractivity contribution in [1.82, 2.24) is 20.0 Å². The molecule has 3 aromatic rings. The molecule has 2 aliphatic rings. The lowest BCUT2D eigenvalue weighted by Crippen LogP contribution is -2.51.